The Hall–Kier alpha value is -0.930. The minimum absolute atomic E-state index is 0.735. The van der Waals surface area contributed by atoms with Gasteiger partial charge in [0.25, 0.3) is 0 Å². The third kappa shape index (κ3) is 4.02. The summed E-state index contributed by atoms with van der Waals surface area (Å²) >= 11 is 0. The molecule has 0 saturated carbocycles. The van der Waals surface area contributed by atoms with Crippen LogP contribution in [0.4, 0.5) is 0 Å². The Morgan fingerprint density at radius 3 is 2.89 bits per heavy atom. The van der Waals surface area contributed by atoms with E-state index in [-0.39, 0.29) is 0 Å². The van der Waals surface area contributed by atoms with Gasteiger partial charge >= 0.3 is 0 Å². The minimum Gasteiger partial charge on any atom is -0.311 e. The number of hydrogen-bond donors (Lipinski definition) is 1. The van der Waals surface area contributed by atoms with E-state index in [4.69, 9.17) is 4.98 Å². The molecule has 3 heteroatoms. The molecule has 1 aliphatic heterocycles. The SMILES string of the molecule is CCNCc1cccc(CN2CCCC2C(C)C)n1. The van der Waals surface area contributed by atoms with Gasteiger partial charge in [0, 0.05) is 19.1 Å². The summed E-state index contributed by atoms with van der Waals surface area (Å²) in [5, 5.41) is 3.34. The molecule has 1 unspecified atom stereocenters. The summed E-state index contributed by atoms with van der Waals surface area (Å²) in [4.78, 5) is 7.36. The maximum Gasteiger partial charge on any atom is 0.0547 e. The van der Waals surface area contributed by atoms with Crippen LogP contribution in [0.2, 0.25) is 0 Å². The molecule has 2 heterocycles. The molecule has 1 aliphatic rings. The Morgan fingerprint density at radius 2 is 2.16 bits per heavy atom. The Balaban J connectivity index is 1.98. The van der Waals surface area contributed by atoms with Gasteiger partial charge in [-0.15, -0.1) is 0 Å². The second-order valence-corrected chi connectivity index (χ2v) is 5.82. The molecule has 1 aromatic heterocycles. The molecule has 2 rings (SSSR count). The van der Waals surface area contributed by atoms with Crippen LogP contribution in [-0.4, -0.2) is 29.0 Å². The number of nitrogens with one attached hydrogen (secondary N) is 1. The molecule has 1 aromatic rings. The van der Waals surface area contributed by atoms with Gasteiger partial charge in [0.05, 0.1) is 11.4 Å². The molecule has 0 amide bonds. The second-order valence-electron chi connectivity index (χ2n) is 5.82. The topological polar surface area (TPSA) is 28.2 Å². The van der Waals surface area contributed by atoms with Crippen molar-refractivity contribution in [3.8, 4) is 0 Å². The maximum atomic E-state index is 4.76. The number of pyridine rings is 1. The Morgan fingerprint density at radius 1 is 1.37 bits per heavy atom. The Bertz CT molecular complexity index is 389. The van der Waals surface area contributed by atoms with E-state index in [1.807, 2.05) is 0 Å². The van der Waals surface area contributed by atoms with E-state index in [0.29, 0.717) is 0 Å². The highest BCUT2D eigenvalue weighted by Gasteiger charge is 2.27. The highest BCUT2D eigenvalue weighted by molar-refractivity contribution is 5.11. The van der Waals surface area contributed by atoms with Gasteiger partial charge in [0.15, 0.2) is 0 Å². The van der Waals surface area contributed by atoms with Crippen LogP contribution in [0.3, 0.4) is 0 Å². The van der Waals surface area contributed by atoms with E-state index in [1.54, 1.807) is 0 Å². The molecule has 1 N–H and O–H groups in total. The van der Waals surface area contributed by atoms with Gasteiger partial charge in [-0.2, -0.15) is 0 Å². The average molecular weight is 261 g/mol. The van der Waals surface area contributed by atoms with Crippen LogP contribution >= 0.6 is 0 Å². The van der Waals surface area contributed by atoms with E-state index in [0.717, 1.165) is 37.3 Å². The lowest BCUT2D eigenvalue weighted by molar-refractivity contribution is 0.196. The third-order valence-electron chi connectivity index (χ3n) is 3.97. The predicted molar refractivity (Wildman–Crippen MR) is 79.9 cm³/mol. The van der Waals surface area contributed by atoms with Gasteiger partial charge in [0.2, 0.25) is 0 Å². The maximum absolute atomic E-state index is 4.76. The van der Waals surface area contributed by atoms with E-state index >= 15 is 0 Å². The molecule has 1 saturated heterocycles. The standard InChI is InChI=1S/C16H27N3/c1-4-17-11-14-7-5-8-15(18-14)12-19-10-6-9-16(19)13(2)3/h5,7-8,13,16-17H,4,6,9-12H2,1-3H3. The predicted octanol–water partition coefficient (Wildman–Crippen LogP) is 2.81. The minimum atomic E-state index is 0.735. The summed E-state index contributed by atoms with van der Waals surface area (Å²) in [5.41, 5.74) is 2.36. The van der Waals surface area contributed by atoms with Crippen molar-refractivity contribution in [1.29, 1.82) is 0 Å². The van der Waals surface area contributed by atoms with Gasteiger partial charge in [0.1, 0.15) is 0 Å². The lowest BCUT2D eigenvalue weighted by Gasteiger charge is -2.27. The van der Waals surface area contributed by atoms with Crippen LogP contribution in [0, 0.1) is 5.92 Å². The fraction of sp³-hybridized carbons (Fsp3) is 0.688. The van der Waals surface area contributed by atoms with Crippen molar-refractivity contribution in [1.82, 2.24) is 15.2 Å². The first-order valence-corrected chi connectivity index (χ1v) is 7.60. The third-order valence-corrected chi connectivity index (χ3v) is 3.97. The van der Waals surface area contributed by atoms with Crippen LogP contribution in [0.25, 0.3) is 0 Å². The van der Waals surface area contributed by atoms with Gasteiger partial charge in [-0.25, -0.2) is 0 Å². The number of aromatic nitrogens is 1. The van der Waals surface area contributed by atoms with Crippen LogP contribution < -0.4 is 5.32 Å². The molecule has 0 bridgehead atoms. The van der Waals surface area contributed by atoms with Crippen molar-refractivity contribution in [2.75, 3.05) is 13.1 Å². The van der Waals surface area contributed by atoms with Crippen molar-refractivity contribution < 1.29 is 0 Å². The first-order valence-electron chi connectivity index (χ1n) is 7.60. The summed E-state index contributed by atoms with van der Waals surface area (Å²) in [6, 6.07) is 7.13. The van der Waals surface area contributed by atoms with Crippen LogP contribution in [0.1, 0.15) is 45.0 Å². The van der Waals surface area contributed by atoms with Crippen molar-refractivity contribution in [3.63, 3.8) is 0 Å². The van der Waals surface area contributed by atoms with Crippen molar-refractivity contribution in [2.45, 2.75) is 52.7 Å². The monoisotopic (exact) mass is 261 g/mol. The lowest BCUT2D eigenvalue weighted by atomic mass is 10.0. The molecular formula is C16H27N3. The van der Waals surface area contributed by atoms with Gasteiger partial charge in [-0.05, 0) is 44.0 Å². The molecule has 0 spiro atoms. The van der Waals surface area contributed by atoms with Crippen LogP contribution in [0.15, 0.2) is 18.2 Å². The van der Waals surface area contributed by atoms with Crippen LogP contribution in [-0.2, 0) is 13.1 Å². The fourth-order valence-corrected chi connectivity index (χ4v) is 2.98. The molecule has 0 radical (unpaired) electrons. The van der Waals surface area contributed by atoms with Crippen molar-refractivity contribution in [3.05, 3.63) is 29.6 Å². The highest BCUT2D eigenvalue weighted by Crippen LogP contribution is 2.25. The van der Waals surface area contributed by atoms with Crippen LogP contribution in [0.5, 0.6) is 0 Å². The summed E-state index contributed by atoms with van der Waals surface area (Å²) in [6.45, 7) is 10.9. The summed E-state index contributed by atoms with van der Waals surface area (Å²) < 4.78 is 0. The zero-order valence-corrected chi connectivity index (χ0v) is 12.5. The first-order chi connectivity index (χ1) is 9.20. The molecule has 1 fully saturated rings. The van der Waals surface area contributed by atoms with E-state index in [2.05, 4.69) is 49.2 Å². The van der Waals surface area contributed by atoms with Gasteiger partial charge in [-0.3, -0.25) is 9.88 Å². The zero-order chi connectivity index (χ0) is 13.7. The lowest BCUT2D eigenvalue weighted by Crippen LogP contribution is -2.33. The Kier molecular flexibility index (Phi) is 5.34. The molecule has 0 aliphatic carbocycles. The number of rotatable bonds is 6. The van der Waals surface area contributed by atoms with E-state index in [1.165, 1.54) is 25.1 Å². The highest BCUT2D eigenvalue weighted by atomic mass is 15.2. The fourth-order valence-electron chi connectivity index (χ4n) is 2.98. The molecule has 106 valence electrons. The quantitative estimate of drug-likeness (QED) is 0.853. The number of hydrogen-bond acceptors (Lipinski definition) is 3. The summed E-state index contributed by atoms with van der Waals surface area (Å²) in [7, 11) is 0. The first kappa shape index (κ1) is 14.5. The van der Waals surface area contributed by atoms with Crippen molar-refractivity contribution in [2.24, 2.45) is 5.92 Å². The zero-order valence-electron chi connectivity index (χ0n) is 12.5. The second kappa shape index (κ2) is 7.01. The van der Waals surface area contributed by atoms with Gasteiger partial charge < -0.3 is 5.32 Å². The number of nitrogens with zero attached hydrogens (tertiary/aromatic N) is 2. The van der Waals surface area contributed by atoms with Gasteiger partial charge in [-0.1, -0.05) is 26.8 Å². The molecule has 1 atom stereocenters. The normalized spacial score (nSPS) is 20.3. The van der Waals surface area contributed by atoms with E-state index in [9.17, 15) is 0 Å². The summed E-state index contributed by atoms with van der Waals surface area (Å²) in [5.74, 6) is 0.743. The molecular weight excluding hydrogens is 234 g/mol. The average Bonchev–Trinajstić information content (AvgIpc) is 2.85. The molecule has 19 heavy (non-hydrogen) atoms. The Labute approximate surface area is 117 Å². The number of likely N-dealkylation sites (tertiary alicyclic amines) is 1. The summed E-state index contributed by atoms with van der Waals surface area (Å²) in [6.07, 6.45) is 2.68. The van der Waals surface area contributed by atoms with Crippen molar-refractivity contribution >= 4 is 0 Å². The smallest absolute Gasteiger partial charge is 0.0547 e. The molecule has 0 aromatic carbocycles. The molecule has 3 nitrogen and oxygen atoms in total. The van der Waals surface area contributed by atoms with E-state index < -0.39 is 0 Å². The largest absolute Gasteiger partial charge is 0.311 e.